The molecule has 1 aromatic carbocycles. The molecule has 1 heterocycles. The van der Waals surface area contributed by atoms with E-state index in [2.05, 4.69) is 31.4 Å². The van der Waals surface area contributed by atoms with Crippen LogP contribution in [0.25, 0.3) is 10.6 Å². The highest BCUT2D eigenvalue weighted by atomic mass is 79.9. The minimum absolute atomic E-state index is 0.414. The van der Waals surface area contributed by atoms with Crippen molar-refractivity contribution in [3.05, 3.63) is 33.2 Å². The van der Waals surface area contributed by atoms with Crippen molar-refractivity contribution in [3.8, 4) is 10.6 Å². The first-order chi connectivity index (χ1) is 9.91. The molecule has 0 saturated carbocycles. The largest absolute Gasteiger partial charge is 0.416 e. The highest BCUT2D eigenvalue weighted by Gasteiger charge is 2.31. The second-order valence-corrected chi connectivity index (χ2v) is 6.21. The molecule has 0 aliphatic heterocycles. The van der Waals surface area contributed by atoms with Crippen molar-refractivity contribution in [2.45, 2.75) is 19.5 Å². The molecule has 0 aliphatic carbocycles. The summed E-state index contributed by atoms with van der Waals surface area (Å²) < 4.78 is 38.9. The van der Waals surface area contributed by atoms with Gasteiger partial charge in [-0.25, -0.2) is 0 Å². The predicted octanol–water partition coefficient (Wildman–Crippen LogP) is 4.14. The molecule has 0 atom stereocenters. The zero-order valence-electron chi connectivity index (χ0n) is 11.2. The van der Waals surface area contributed by atoms with E-state index in [4.69, 9.17) is 0 Å². The van der Waals surface area contributed by atoms with Gasteiger partial charge >= 0.3 is 6.18 Å². The van der Waals surface area contributed by atoms with Gasteiger partial charge in [0.2, 0.25) is 0 Å². The van der Waals surface area contributed by atoms with Gasteiger partial charge in [0.25, 0.3) is 0 Å². The van der Waals surface area contributed by atoms with Gasteiger partial charge < -0.3 is 5.32 Å². The Bertz CT molecular complexity index is 613. The van der Waals surface area contributed by atoms with Crippen molar-refractivity contribution in [2.75, 3.05) is 13.1 Å². The number of nitrogens with one attached hydrogen (secondary N) is 1. The Morgan fingerprint density at radius 2 is 2.05 bits per heavy atom. The molecule has 1 aromatic heterocycles. The van der Waals surface area contributed by atoms with E-state index in [9.17, 15) is 13.2 Å². The van der Waals surface area contributed by atoms with E-state index < -0.39 is 11.7 Å². The number of hydrogen-bond acceptors (Lipinski definition) is 4. The smallest absolute Gasteiger partial charge is 0.317 e. The van der Waals surface area contributed by atoms with Gasteiger partial charge in [-0.05, 0) is 24.7 Å². The lowest BCUT2D eigenvalue weighted by Gasteiger charge is -2.08. The minimum atomic E-state index is -4.37. The SMILES string of the molecule is CCNCCc1nnc(-c2cc(C(F)(F)F)ccc2Br)s1. The van der Waals surface area contributed by atoms with Crippen LogP contribution in [0.2, 0.25) is 0 Å². The third kappa shape index (κ3) is 4.24. The summed E-state index contributed by atoms with van der Waals surface area (Å²) >= 11 is 4.58. The van der Waals surface area contributed by atoms with Crippen LogP contribution in [0.3, 0.4) is 0 Å². The first-order valence-electron chi connectivity index (χ1n) is 6.32. The summed E-state index contributed by atoms with van der Waals surface area (Å²) in [7, 11) is 0. The van der Waals surface area contributed by atoms with Gasteiger partial charge in [-0.3, -0.25) is 0 Å². The lowest BCUT2D eigenvalue weighted by molar-refractivity contribution is -0.137. The summed E-state index contributed by atoms with van der Waals surface area (Å²) in [5, 5.41) is 12.5. The third-order valence-electron chi connectivity index (χ3n) is 2.76. The molecule has 21 heavy (non-hydrogen) atoms. The highest BCUT2D eigenvalue weighted by Crippen LogP contribution is 2.36. The molecule has 0 unspecified atom stereocenters. The number of benzene rings is 1. The van der Waals surface area contributed by atoms with Gasteiger partial charge in [0, 0.05) is 23.0 Å². The molecular weight excluding hydrogens is 367 g/mol. The summed E-state index contributed by atoms with van der Waals surface area (Å²) in [6.45, 7) is 3.64. The Morgan fingerprint density at radius 3 is 2.71 bits per heavy atom. The molecule has 1 N–H and O–H groups in total. The molecular formula is C13H13BrF3N3S. The summed E-state index contributed by atoms with van der Waals surface area (Å²) in [4.78, 5) is 0. The molecule has 0 saturated heterocycles. The van der Waals surface area contributed by atoms with Crippen LogP contribution in [0.4, 0.5) is 13.2 Å². The normalized spacial score (nSPS) is 11.9. The van der Waals surface area contributed by atoms with Crippen molar-refractivity contribution in [1.29, 1.82) is 0 Å². The standard InChI is InChI=1S/C13H13BrF3N3S/c1-2-18-6-5-11-19-20-12(21-11)9-7-8(13(15,16)17)3-4-10(9)14/h3-4,7,18H,2,5-6H2,1H3. The summed E-state index contributed by atoms with van der Waals surface area (Å²) in [6.07, 6.45) is -3.66. The number of hydrogen-bond donors (Lipinski definition) is 1. The Labute approximate surface area is 132 Å². The average Bonchev–Trinajstić information content (AvgIpc) is 2.87. The zero-order valence-corrected chi connectivity index (χ0v) is 13.6. The van der Waals surface area contributed by atoms with Crippen molar-refractivity contribution < 1.29 is 13.2 Å². The molecule has 0 spiro atoms. The molecule has 0 bridgehead atoms. The van der Waals surface area contributed by atoms with Gasteiger partial charge in [0.15, 0.2) is 0 Å². The molecule has 2 aromatic rings. The molecule has 0 aliphatic rings. The van der Waals surface area contributed by atoms with Gasteiger partial charge in [0.1, 0.15) is 10.0 Å². The van der Waals surface area contributed by atoms with Crippen molar-refractivity contribution >= 4 is 27.3 Å². The van der Waals surface area contributed by atoms with Gasteiger partial charge in [-0.1, -0.05) is 34.2 Å². The monoisotopic (exact) mass is 379 g/mol. The van der Waals surface area contributed by atoms with Crippen molar-refractivity contribution in [2.24, 2.45) is 0 Å². The van der Waals surface area contributed by atoms with Gasteiger partial charge in [0.05, 0.1) is 5.56 Å². The van der Waals surface area contributed by atoms with E-state index in [0.717, 1.165) is 30.2 Å². The van der Waals surface area contributed by atoms with Gasteiger partial charge in [-0.15, -0.1) is 10.2 Å². The maximum absolute atomic E-state index is 12.8. The van der Waals surface area contributed by atoms with E-state index in [1.54, 1.807) is 0 Å². The lowest BCUT2D eigenvalue weighted by Crippen LogP contribution is -2.15. The van der Waals surface area contributed by atoms with Crippen LogP contribution in [0, 0.1) is 0 Å². The Hall–Kier alpha value is -0.990. The minimum Gasteiger partial charge on any atom is -0.317 e. The van der Waals surface area contributed by atoms with Crippen LogP contribution in [-0.2, 0) is 12.6 Å². The molecule has 2 rings (SSSR count). The fourth-order valence-electron chi connectivity index (χ4n) is 1.70. The third-order valence-corrected chi connectivity index (χ3v) is 4.46. The first-order valence-corrected chi connectivity index (χ1v) is 7.93. The maximum atomic E-state index is 12.8. The number of likely N-dealkylation sites (N-methyl/N-ethyl adjacent to an activating group) is 1. The first kappa shape index (κ1) is 16.4. The average molecular weight is 380 g/mol. The van der Waals surface area contributed by atoms with E-state index in [1.807, 2.05) is 6.92 Å². The number of alkyl halides is 3. The van der Waals surface area contributed by atoms with Crippen LogP contribution in [0.15, 0.2) is 22.7 Å². The molecule has 0 amide bonds. The van der Waals surface area contributed by atoms with Gasteiger partial charge in [-0.2, -0.15) is 13.2 Å². The summed E-state index contributed by atoms with van der Waals surface area (Å²) in [5.41, 5.74) is -0.276. The fourth-order valence-corrected chi connectivity index (χ4v) is 3.14. The summed E-state index contributed by atoms with van der Waals surface area (Å²) in [6, 6.07) is 3.53. The van der Waals surface area contributed by atoms with E-state index >= 15 is 0 Å². The van der Waals surface area contributed by atoms with E-state index in [1.165, 1.54) is 17.4 Å². The quantitative estimate of drug-likeness (QED) is 0.793. The summed E-state index contributed by atoms with van der Waals surface area (Å²) in [5.74, 6) is 0. The molecule has 8 heteroatoms. The second-order valence-electron chi connectivity index (χ2n) is 4.30. The highest BCUT2D eigenvalue weighted by molar-refractivity contribution is 9.10. The second kappa shape index (κ2) is 6.85. The lowest BCUT2D eigenvalue weighted by atomic mass is 10.1. The van der Waals surface area contributed by atoms with Crippen LogP contribution < -0.4 is 5.32 Å². The Morgan fingerprint density at radius 1 is 1.29 bits per heavy atom. The number of aromatic nitrogens is 2. The van der Waals surface area contributed by atoms with Crippen molar-refractivity contribution in [1.82, 2.24) is 15.5 Å². The Balaban J connectivity index is 2.25. The Kier molecular flexibility index (Phi) is 5.34. The van der Waals surface area contributed by atoms with E-state index in [0.29, 0.717) is 21.5 Å². The van der Waals surface area contributed by atoms with Crippen LogP contribution in [-0.4, -0.2) is 23.3 Å². The number of nitrogens with zero attached hydrogens (tertiary/aromatic N) is 2. The number of rotatable bonds is 5. The molecule has 114 valence electrons. The molecule has 0 fully saturated rings. The fraction of sp³-hybridized carbons (Fsp3) is 0.385. The van der Waals surface area contributed by atoms with Crippen LogP contribution in [0.5, 0.6) is 0 Å². The van der Waals surface area contributed by atoms with Crippen LogP contribution in [0.1, 0.15) is 17.5 Å². The topological polar surface area (TPSA) is 37.8 Å². The maximum Gasteiger partial charge on any atom is 0.416 e. The van der Waals surface area contributed by atoms with Crippen LogP contribution >= 0.6 is 27.3 Å². The van der Waals surface area contributed by atoms with E-state index in [-0.39, 0.29) is 0 Å². The zero-order chi connectivity index (χ0) is 15.5. The molecule has 0 radical (unpaired) electrons. The predicted molar refractivity (Wildman–Crippen MR) is 80.3 cm³/mol. The number of halogens is 4. The molecule has 3 nitrogen and oxygen atoms in total. The van der Waals surface area contributed by atoms with Crippen molar-refractivity contribution in [3.63, 3.8) is 0 Å².